The van der Waals surface area contributed by atoms with Crippen molar-refractivity contribution in [2.75, 3.05) is 12.4 Å². The highest BCUT2D eigenvalue weighted by Gasteiger charge is 2.12. The number of carboxylic acids is 1. The lowest BCUT2D eigenvalue weighted by atomic mass is 9.96. The van der Waals surface area contributed by atoms with Crippen LogP contribution in [0.15, 0.2) is 18.2 Å². The molecule has 0 aliphatic rings. The van der Waals surface area contributed by atoms with Crippen LogP contribution in [0.5, 0.6) is 0 Å². The smallest absolute Gasteiger partial charge is 0.335 e. The molecule has 3 heteroatoms. The van der Waals surface area contributed by atoms with E-state index in [1.165, 1.54) is 0 Å². The van der Waals surface area contributed by atoms with E-state index >= 15 is 0 Å². The zero-order valence-corrected chi connectivity index (χ0v) is 8.66. The lowest BCUT2D eigenvalue weighted by molar-refractivity contribution is 0.0695. The van der Waals surface area contributed by atoms with Gasteiger partial charge in [0.05, 0.1) is 5.56 Å². The number of aromatic carboxylic acids is 1. The first kappa shape index (κ1) is 10.6. The van der Waals surface area contributed by atoms with Crippen LogP contribution >= 0.6 is 0 Å². The fraction of sp³-hybridized carbons (Fsp3) is 0.364. The molecule has 3 nitrogen and oxygen atoms in total. The quantitative estimate of drug-likeness (QED) is 0.775. The van der Waals surface area contributed by atoms with Crippen molar-refractivity contribution in [1.82, 2.24) is 0 Å². The molecule has 0 saturated carbocycles. The van der Waals surface area contributed by atoms with Crippen molar-refractivity contribution in [3.05, 3.63) is 29.3 Å². The molecule has 0 aromatic heterocycles. The largest absolute Gasteiger partial charge is 0.478 e. The Labute approximate surface area is 83.8 Å². The van der Waals surface area contributed by atoms with Crippen LogP contribution in [0.1, 0.15) is 35.7 Å². The summed E-state index contributed by atoms with van der Waals surface area (Å²) in [4.78, 5) is 10.9. The van der Waals surface area contributed by atoms with Crippen LogP contribution < -0.4 is 5.32 Å². The van der Waals surface area contributed by atoms with Crippen LogP contribution in [0.2, 0.25) is 0 Å². The van der Waals surface area contributed by atoms with Gasteiger partial charge in [0.25, 0.3) is 0 Å². The fourth-order valence-electron chi connectivity index (χ4n) is 1.39. The Morgan fingerprint density at radius 2 is 2.07 bits per heavy atom. The van der Waals surface area contributed by atoms with E-state index in [2.05, 4.69) is 5.32 Å². The van der Waals surface area contributed by atoms with Crippen molar-refractivity contribution in [3.63, 3.8) is 0 Å². The third-order valence-electron chi connectivity index (χ3n) is 2.19. The van der Waals surface area contributed by atoms with Crippen molar-refractivity contribution < 1.29 is 9.90 Å². The van der Waals surface area contributed by atoms with Gasteiger partial charge in [0.15, 0.2) is 0 Å². The van der Waals surface area contributed by atoms with Gasteiger partial charge < -0.3 is 10.4 Å². The van der Waals surface area contributed by atoms with Crippen molar-refractivity contribution in [3.8, 4) is 0 Å². The number of carboxylic acid groups (broad SMARTS) is 1. The molecule has 0 radical (unpaired) electrons. The number of hydrogen-bond donors (Lipinski definition) is 2. The SMILES string of the molecule is CNc1ccc(C(=O)O)c(C(C)C)c1. The molecular weight excluding hydrogens is 178 g/mol. The van der Waals surface area contributed by atoms with Crippen LogP contribution in [0.3, 0.4) is 0 Å². The Kier molecular flexibility index (Phi) is 3.12. The van der Waals surface area contributed by atoms with E-state index in [4.69, 9.17) is 5.11 Å². The van der Waals surface area contributed by atoms with E-state index in [0.29, 0.717) is 5.56 Å². The molecule has 0 unspecified atom stereocenters. The van der Waals surface area contributed by atoms with Crippen LogP contribution in [-0.2, 0) is 0 Å². The van der Waals surface area contributed by atoms with Gasteiger partial charge in [-0.25, -0.2) is 4.79 Å². The third-order valence-corrected chi connectivity index (χ3v) is 2.19. The van der Waals surface area contributed by atoms with Gasteiger partial charge in [0.1, 0.15) is 0 Å². The predicted molar refractivity (Wildman–Crippen MR) is 57.0 cm³/mol. The second-order valence-electron chi connectivity index (χ2n) is 3.51. The van der Waals surface area contributed by atoms with E-state index in [1.54, 1.807) is 12.1 Å². The molecule has 0 atom stereocenters. The number of nitrogens with one attached hydrogen (secondary N) is 1. The maximum atomic E-state index is 10.9. The van der Waals surface area contributed by atoms with Gasteiger partial charge in [-0.1, -0.05) is 13.8 Å². The first-order chi connectivity index (χ1) is 6.56. The first-order valence-electron chi connectivity index (χ1n) is 4.61. The number of rotatable bonds is 3. The molecule has 2 N–H and O–H groups in total. The third kappa shape index (κ3) is 2.05. The highest BCUT2D eigenvalue weighted by molar-refractivity contribution is 5.90. The van der Waals surface area contributed by atoms with E-state index in [0.717, 1.165) is 11.3 Å². The average molecular weight is 193 g/mol. The summed E-state index contributed by atoms with van der Waals surface area (Å²) >= 11 is 0. The van der Waals surface area contributed by atoms with E-state index < -0.39 is 5.97 Å². The average Bonchev–Trinajstić information content (AvgIpc) is 2.16. The Morgan fingerprint density at radius 1 is 1.43 bits per heavy atom. The Bertz CT molecular complexity index is 345. The summed E-state index contributed by atoms with van der Waals surface area (Å²) in [5.74, 6) is -0.647. The minimum atomic E-state index is -0.864. The molecule has 0 aliphatic heterocycles. The molecule has 0 fully saturated rings. The van der Waals surface area contributed by atoms with Crippen molar-refractivity contribution in [2.24, 2.45) is 0 Å². The highest BCUT2D eigenvalue weighted by atomic mass is 16.4. The maximum absolute atomic E-state index is 10.9. The maximum Gasteiger partial charge on any atom is 0.335 e. The van der Waals surface area contributed by atoms with Crippen molar-refractivity contribution in [2.45, 2.75) is 19.8 Å². The van der Waals surface area contributed by atoms with E-state index in [-0.39, 0.29) is 5.92 Å². The summed E-state index contributed by atoms with van der Waals surface area (Å²) in [6.45, 7) is 3.97. The molecule has 1 aromatic rings. The van der Waals surface area contributed by atoms with Gasteiger partial charge in [0.2, 0.25) is 0 Å². The van der Waals surface area contributed by atoms with Gasteiger partial charge in [-0.05, 0) is 29.7 Å². The van der Waals surface area contributed by atoms with Crippen molar-refractivity contribution >= 4 is 11.7 Å². The lowest BCUT2D eigenvalue weighted by Gasteiger charge is -2.11. The standard InChI is InChI=1S/C11H15NO2/c1-7(2)10-6-8(12-3)4-5-9(10)11(13)14/h4-7,12H,1-3H3,(H,13,14). The van der Waals surface area contributed by atoms with Crippen LogP contribution in [-0.4, -0.2) is 18.1 Å². The molecule has 0 spiro atoms. The van der Waals surface area contributed by atoms with Crippen LogP contribution in [0.25, 0.3) is 0 Å². The highest BCUT2D eigenvalue weighted by Crippen LogP contribution is 2.23. The lowest BCUT2D eigenvalue weighted by Crippen LogP contribution is -2.04. The van der Waals surface area contributed by atoms with Crippen LogP contribution in [0.4, 0.5) is 5.69 Å². The molecule has 1 rings (SSSR count). The first-order valence-corrected chi connectivity index (χ1v) is 4.61. The van der Waals surface area contributed by atoms with Crippen molar-refractivity contribution in [1.29, 1.82) is 0 Å². The molecule has 0 heterocycles. The molecule has 0 bridgehead atoms. The zero-order chi connectivity index (χ0) is 10.7. The Morgan fingerprint density at radius 3 is 2.50 bits per heavy atom. The summed E-state index contributed by atoms with van der Waals surface area (Å²) < 4.78 is 0. The van der Waals surface area contributed by atoms with E-state index in [9.17, 15) is 4.79 Å². The second kappa shape index (κ2) is 4.13. The number of benzene rings is 1. The minimum absolute atomic E-state index is 0.217. The monoisotopic (exact) mass is 193 g/mol. The molecule has 0 aliphatic carbocycles. The molecule has 0 saturated heterocycles. The topological polar surface area (TPSA) is 49.3 Å². The van der Waals surface area contributed by atoms with Gasteiger partial charge in [-0.2, -0.15) is 0 Å². The van der Waals surface area contributed by atoms with Gasteiger partial charge in [-0.3, -0.25) is 0 Å². The molecule has 14 heavy (non-hydrogen) atoms. The summed E-state index contributed by atoms with van der Waals surface area (Å²) in [6, 6.07) is 5.30. The number of carbonyl (C=O) groups is 1. The minimum Gasteiger partial charge on any atom is -0.478 e. The molecular formula is C11H15NO2. The number of hydrogen-bond acceptors (Lipinski definition) is 2. The Hall–Kier alpha value is -1.51. The summed E-state index contributed by atoms with van der Waals surface area (Å²) in [6.07, 6.45) is 0. The predicted octanol–water partition coefficient (Wildman–Crippen LogP) is 2.55. The van der Waals surface area contributed by atoms with Gasteiger partial charge >= 0.3 is 5.97 Å². The van der Waals surface area contributed by atoms with Gasteiger partial charge in [-0.15, -0.1) is 0 Å². The normalized spacial score (nSPS) is 10.3. The summed E-state index contributed by atoms with van der Waals surface area (Å²) in [7, 11) is 1.82. The molecule has 76 valence electrons. The van der Waals surface area contributed by atoms with Gasteiger partial charge in [0, 0.05) is 12.7 Å². The van der Waals surface area contributed by atoms with Crippen LogP contribution in [0, 0.1) is 0 Å². The summed E-state index contributed by atoms with van der Waals surface area (Å²) in [5.41, 5.74) is 2.20. The Balaban J connectivity index is 3.24. The zero-order valence-electron chi connectivity index (χ0n) is 8.66. The fourth-order valence-corrected chi connectivity index (χ4v) is 1.39. The molecule has 0 amide bonds. The molecule has 1 aromatic carbocycles. The summed E-state index contributed by atoms with van der Waals surface area (Å²) in [5, 5.41) is 12.0. The second-order valence-corrected chi connectivity index (χ2v) is 3.51. The number of anilines is 1. The van der Waals surface area contributed by atoms with E-state index in [1.807, 2.05) is 27.0 Å².